The van der Waals surface area contributed by atoms with E-state index in [1.165, 1.54) is 5.56 Å². The van der Waals surface area contributed by atoms with E-state index >= 15 is 0 Å². The van der Waals surface area contributed by atoms with Crippen molar-refractivity contribution in [1.82, 2.24) is 4.90 Å². The van der Waals surface area contributed by atoms with Gasteiger partial charge in [0.15, 0.2) is 0 Å². The van der Waals surface area contributed by atoms with Gasteiger partial charge in [0.05, 0.1) is 6.61 Å². The first-order chi connectivity index (χ1) is 7.69. The molecular formula is C13H22N2O. The topological polar surface area (TPSA) is 38.5 Å². The molecule has 0 bridgehead atoms. The van der Waals surface area contributed by atoms with E-state index in [9.17, 15) is 0 Å². The predicted octanol–water partition coefficient (Wildman–Crippen LogP) is 2.30. The van der Waals surface area contributed by atoms with Gasteiger partial charge in [0.2, 0.25) is 0 Å². The number of anilines is 1. The molecule has 0 spiro atoms. The van der Waals surface area contributed by atoms with Crippen LogP contribution in [0.3, 0.4) is 0 Å². The van der Waals surface area contributed by atoms with Crippen LogP contribution in [-0.2, 0) is 4.74 Å². The van der Waals surface area contributed by atoms with Gasteiger partial charge in [-0.05, 0) is 31.2 Å². The largest absolute Gasteiger partial charge is 0.399 e. The third-order valence-corrected chi connectivity index (χ3v) is 2.93. The van der Waals surface area contributed by atoms with Gasteiger partial charge in [-0.1, -0.05) is 19.1 Å². The Kier molecular flexibility index (Phi) is 5.29. The van der Waals surface area contributed by atoms with E-state index in [0.29, 0.717) is 6.04 Å². The zero-order valence-corrected chi connectivity index (χ0v) is 10.4. The highest BCUT2D eigenvalue weighted by molar-refractivity contribution is 5.41. The zero-order valence-electron chi connectivity index (χ0n) is 10.4. The molecular weight excluding hydrogens is 200 g/mol. The van der Waals surface area contributed by atoms with E-state index in [4.69, 9.17) is 10.5 Å². The number of nitrogens with zero attached hydrogens (tertiary/aromatic N) is 1. The van der Waals surface area contributed by atoms with Crippen molar-refractivity contribution in [2.24, 2.45) is 0 Å². The molecule has 1 atom stereocenters. The summed E-state index contributed by atoms with van der Waals surface area (Å²) in [5.41, 5.74) is 7.88. The van der Waals surface area contributed by atoms with Gasteiger partial charge in [0.25, 0.3) is 0 Å². The van der Waals surface area contributed by atoms with E-state index in [1.54, 1.807) is 7.11 Å². The van der Waals surface area contributed by atoms with Gasteiger partial charge >= 0.3 is 0 Å². The Labute approximate surface area is 98.2 Å². The maximum atomic E-state index is 5.79. The van der Waals surface area contributed by atoms with Crippen LogP contribution in [0, 0.1) is 0 Å². The van der Waals surface area contributed by atoms with E-state index < -0.39 is 0 Å². The molecule has 0 fully saturated rings. The summed E-state index contributed by atoms with van der Waals surface area (Å²) >= 11 is 0. The molecule has 0 saturated heterocycles. The molecule has 1 unspecified atom stereocenters. The molecule has 1 aromatic carbocycles. The Morgan fingerprint density at radius 3 is 2.75 bits per heavy atom. The lowest BCUT2D eigenvalue weighted by molar-refractivity contribution is 0.129. The Morgan fingerprint density at radius 1 is 1.44 bits per heavy atom. The number of rotatable bonds is 6. The first-order valence-corrected chi connectivity index (χ1v) is 5.77. The molecule has 1 aromatic rings. The lowest BCUT2D eigenvalue weighted by Crippen LogP contribution is -2.30. The van der Waals surface area contributed by atoms with Crippen molar-refractivity contribution in [1.29, 1.82) is 0 Å². The maximum absolute atomic E-state index is 5.79. The van der Waals surface area contributed by atoms with Crippen LogP contribution in [0.25, 0.3) is 0 Å². The minimum absolute atomic E-state index is 0.378. The van der Waals surface area contributed by atoms with Crippen LogP contribution in [0.2, 0.25) is 0 Å². The quantitative estimate of drug-likeness (QED) is 0.751. The smallest absolute Gasteiger partial charge is 0.0589 e. The zero-order chi connectivity index (χ0) is 12.0. The summed E-state index contributed by atoms with van der Waals surface area (Å²) in [6, 6.07) is 8.47. The second-order valence-electron chi connectivity index (χ2n) is 3.97. The standard InChI is InChI=1S/C13H22N2O/c1-4-15(8-9-16-3)11(2)12-6-5-7-13(14)10-12/h5-7,10-11H,4,8-9,14H2,1-3H3. The van der Waals surface area contributed by atoms with Crippen LogP contribution in [-0.4, -0.2) is 31.7 Å². The average Bonchev–Trinajstić information content (AvgIpc) is 2.29. The first-order valence-electron chi connectivity index (χ1n) is 5.77. The van der Waals surface area contributed by atoms with Crippen LogP contribution >= 0.6 is 0 Å². The number of nitrogen functional groups attached to an aromatic ring is 1. The molecule has 0 aromatic heterocycles. The van der Waals surface area contributed by atoms with Crippen molar-refractivity contribution in [2.45, 2.75) is 19.9 Å². The SMILES string of the molecule is CCN(CCOC)C(C)c1cccc(N)c1. The van der Waals surface area contributed by atoms with Crippen molar-refractivity contribution in [2.75, 3.05) is 32.5 Å². The maximum Gasteiger partial charge on any atom is 0.0589 e. The summed E-state index contributed by atoms with van der Waals surface area (Å²) in [5.74, 6) is 0. The van der Waals surface area contributed by atoms with E-state index in [0.717, 1.165) is 25.4 Å². The molecule has 1 rings (SSSR count). The number of benzene rings is 1. The Hall–Kier alpha value is -1.06. The predicted molar refractivity (Wildman–Crippen MR) is 68.4 cm³/mol. The Balaban J connectivity index is 2.70. The van der Waals surface area contributed by atoms with Crippen LogP contribution in [0.15, 0.2) is 24.3 Å². The fraction of sp³-hybridized carbons (Fsp3) is 0.538. The van der Waals surface area contributed by atoms with Crippen molar-refractivity contribution in [3.63, 3.8) is 0 Å². The van der Waals surface area contributed by atoms with Crippen molar-refractivity contribution < 1.29 is 4.74 Å². The molecule has 0 saturated carbocycles. The second-order valence-corrected chi connectivity index (χ2v) is 3.97. The third-order valence-electron chi connectivity index (χ3n) is 2.93. The molecule has 0 heterocycles. The normalized spacial score (nSPS) is 13.0. The highest BCUT2D eigenvalue weighted by atomic mass is 16.5. The minimum Gasteiger partial charge on any atom is -0.399 e. The molecule has 0 aliphatic carbocycles. The number of hydrogen-bond donors (Lipinski definition) is 1. The number of methoxy groups -OCH3 is 1. The summed E-state index contributed by atoms with van der Waals surface area (Å²) in [4.78, 5) is 2.37. The number of ether oxygens (including phenoxy) is 1. The lowest BCUT2D eigenvalue weighted by atomic mass is 10.1. The van der Waals surface area contributed by atoms with Gasteiger partial charge in [-0.15, -0.1) is 0 Å². The van der Waals surface area contributed by atoms with Gasteiger partial charge < -0.3 is 10.5 Å². The highest BCUT2D eigenvalue weighted by Crippen LogP contribution is 2.21. The molecule has 3 heteroatoms. The molecule has 90 valence electrons. The van der Waals surface area contributed by atoms with Crippen LogP contribution < -0.4 is 5.73 Å². The molecule has 0 aliphatic rings. The Morgan fingerprint density at radius 2 is 2.19 bits per heavy atom. The number of hydrogen-bond acceptors (Lipinski definition) is 3. The van der Waals surface area contributed by atoms with Crippen LogP contribution in [0.1, 0.15) is 25.5 Å². The molecule has 3 nitrogen and oxygen atoms in total. The lowest BCUT2D eigenvalue weighted by Gasteiger charge is -2.28. The molecule has 2 N–H and O–H groups in total. The summed E-state index contributed by atoms with van der Waals surface area (Å²) in [6.45, 7) is 7.09. The summed E-state index contributed by atoms with van der Waals surface area (Å²) < 4.78 is 5.12. The van der Waals surface area contributed by atoms with E-state index in [2.05, 4.69) is 24.8 Å². The summed E-state index contributed by atoms with van der Waals surface area (Å²) in [5, 5.41) is 0. The number of nitrogens with two attached hydrogens (primary N) is 1. The summed E-state index contributed by atoms with van der Waals surface area (Å²) in [7, 11) is 1.74. The van der Waals surface area contributed by atoms with Crippen molar-refractivity contribution >= 4 is 5.69 Å². The van der Waals surface area contributed by atoms with Crippen LogP contribution in [0.4, 0.5) is 5.69 Å². The third kappa shape index (κ3) is 3.51. The van der Waals surface area contributed by atoms with Crippen molar-refractivity contribution in [3.05, 3.63) is 29.8 Å². The Bertz CT molecular complexity index is 315. The van der Waals surface area contributed by atoms with Gasteiger partial charge in [-0.2, -0.15) is 0 Å². The van der Waals surface area contributed by atoms with Gasteiger partial charge in [-0.3, -0.25) is 4.90 Å². The van der Waals surface area contributed by atoms with Gasteiger partial charge in [0.1, 0.15) is 0 Å². The monoisotopic (exact) mass is 222 g/mol. The minimum atomic E-state index is 0.378. The molecule has 16 heavy (non-hydrogen) atoms. The molecule has 0 radical (unpaired) electrons. The summed E-state index contributed by atoms with van der Waals surface area (Å²) in [6.07, 6.45) is 0. The number of likely N-dealkylation sites (N-methyl/N-ethyl adjacent to an activating group) is 1. The van der Waals surface area contributed by atoms with E-state index in [-0.39, 0.29) is 0 Å². The second kappa shape index (κ2) is 6.51. The van der Waals surface area contributed by atoms with Gasteiger partial charge in [0, 0.05) is 25.4 Å². The average molecular weight is 222 g/mol. The highest BCUT2D eigenvalue weighted by Gasteiger charge is 2.13. The van der Waals surface area contributed by atoms with Crippen LogP contribution in [0.5, 0.6) is 0 Å². The molecule has 0 aliphatic heterocycles. The first kappa shape index (κ1) is 13.0. The van der Waals surface area contributed by atoms with Crippen molar-refractivity contribution in [3.8, 4) is 0 Å². The van der Waals surface area contributed by atoms with E-state index in [1.807, 2.05) is 18.2 Å². The molecule has 0 amide bonds. The fourth-order valence-corrected chi connectivity index (χ4v) is 1.86. The van der Waals surface area contributed by atoms with Gasteiger partial charge in [-0.25, -0.2) is 0 Å². The fourth-order valence-electron chi connectivity index (χ4n) is 1.86.